The second-order valence-corrected chi connectivity index (χ2v) is 8.83. The van der Waals surface area contributed by atoms with Gasteiger partial charge in [-0.05, 0) is 44.9 Å². The molecule has 0 aromatic heterocycles. The molecule has 3 atom stereocenters. The molecule has 2 unspecified atom stereocenters. The maximum atomic E-state index is 11.9. The average molecular weight is 447 g/mol. The second-order valence-electron chi connectivity index (χ2n) is 8.83. The molecule has 0 amide bonds. The van der Waals surface area contributed by atoms with Crippen LogP contribution in [0.5, 0.6) is 0 Å². The quantitative estimate of drug-likeness (QED) is 0.118. The van der Waals surface area contributed by atoms with E-state index in [1.54, 1.807) is 0 Å². The van der Waals surface area contributed by atoms with Crippen LogP contribution in [-0.2, 0) is 4.79 Å². The Kier molecular flexibility index (Phi) is 18.0. The van der Waals surface area contributed by atoms with Crippen molar-refractivity contribution in [3.8, 4) is 0 Å². The van der Waals surface area contributed by atoms with Crippen LogP contribution in [0, 0.1) is 5.41 Å². The van der Waals surface area contributed by atoms with Crippen LogP contribution in [0.25, 0.3) is 0 Å². The van der Waals surface area contributed by atoms with Gasteiger partial charge in [-0.15, -0.1) is 0 Å². The van der Waals surface area contributed by atoms with E-state index in [2.05, 4.69) is 13.0 Å². The van der Waals surface area contributed by atoms with Gasteiger partial charge in [0.2, 0.25) is 0 Å². The maximum Gasteiger partial charge on any atom is 0.309 e. The van der Waals surface area contributed by atoms with Crippen LogP contribution < -0.4 is 0 Å². The molecule has 0 aromatic carbocycles. The second kappa shape index (κ2) is 18.6. The predicted octanol–water partition coefficient (Wildman–Crippen LogP) is 3.16. The van der Waals surface area contributed by atoms with Crippen LogP contribution in [0.3, 0.4) is 0 Å². The Morgan fingerprint density at radius 1 is 0.806 bits per heavy atom. The van der Waals surface area contributed by atoms with Crippen molar-refractivity contribution in [3.05, 3.63) is 12.2 Å². The SMILES string of the molecule is CCCCCC[C@@H](O)C/C=C\CCCCCCC(CC(O)CO)(CC(O)CO)C(=O)O. The fourth-order valence-electron chi connectivity index (χ4n) is 3.98. The standard InChI is InChI=1S/C24H46O7/c1-2-3-4-10-13-20(27)14-11-8-6-5-7-9-12-15-24(23(30)31,16-21(28)18-25)17-22(29)19-26/h8,11,20-22,25-29H,2-7,9-10,12-19H2,1H3,(H,30,31)/b11-8-/t20-,21?,22?,24?/m1/s1. The van der Waals surface area contributed by atoms with Crippen molar-refractivity contribution in [1.29, 1.82) is 0 Å². The molecule has 0 aromatic rings. The zero-order chi connectivity index (χ0) is 23.5. The summed E-state index contributed by atoms with van der Waals surface area (Å²) in [4.78, 5) is 11.9. The van der Waals surface area contributed by atoms with E-state index < -0.39 is 36.8 Å². The Bertz CT molecular complexity index is 455. The minimum absolute atomic E-state index is 0.153. The van der Waals surface area contributed by atoms with Gasteiger partial charge in [-0.25, -0.2) is 0 Å². The normalized spacial score (nSPS) is 16.8. The number of aliphatic carboxylic acids is 1. The van der Waals surface area contributed by atoms with E-state index >= 15 is 0 Å². The smallest absolute Gasteiger partial charge is 0.309 e. The molecule has 0 aliphatic carbocycles. The van der Waals surface area contributed by atoms with Gasteiger partial charge in [0, 0.05) is 0 Å². The van der Waals surface area contributed by atoms with Crippen molar-refractivity contribution in [2.45, 2.75) is 115 Å². The molecule has 0 rings (SSSR count). The number of carbonyl (C=O) groups is 1. The summed E-state index contributed by atoms with van der Waals surface area (Å²) >= 11 is 0. The van der Waals surface area contributed by atoms with Gasteiger partial charge in [0.05, 0.1) is 36.9 Å². The van der Waals surface area contributed by atoms with Gasteiger partial charge >= 0.3 is 5.97 Å². The molecule has 6 N–H and O–H groups in total. The van der Waals surface area contributed by atoms with Crippen molar-refractivity contribution in [2.24, 2.45) is 5.41 Å². The largest absolute Gasteiger partial charge is 0.481 e. The van der Waals surface area contributed by atoms with Crippen molar-refractivity contribution in [2.75, 3.05) is 13.2 Å². The van der Waals surface area contributed by atoms with Gasteiger partial charge in [0.1, 0.15) is 0 Å². The van der Waals surface area contributed by atoms with Gasteiger partial charge in [-0.1, -0.05) is 64.0 Å². The fourth-order valence-corrected chi connectivity index (χ4v) is 3.98. The number of carboxylic acids is 1. The van der Waals surface area contributed by atoms with E-state index in [0.717, 1.165) is 38.5 Å². The molecular formula is C24H46O7. The van der Waals surface area contributed by atoms with E-state index in [-0.39, 0.29) is 25.4 Å². The number of rotatable bonds is 21. The van der Waals surface area contributed by atoms with E-state index in [4.69, 9.17) is 10.2 Å². The predicted molar refractivity (Wildman–Crippen MR) is 122 cm³/mol. The molecule has 0 spiro atoms. The molecular weight excluding hydrogens is 400 g/mol. The number of aliphatic hydroxyl groups excluding tert-OH is 5. The van der Waals surface area contributed by atoms with E-state index in [1.165, 1.54) is 19.3 Å². The van der Waals surface area contributed by atoms with E-state index in [9.17, 15) is 25.2 Å². The Hall–Kier alpha value is -0.990. The maximum absolute atomic E-state index is 11.9. The molecule has 0 aliphatic rings. The van der Waals surface area contributed by atoms with Crippen LogP contribution in [0.4, 0.5) is 0 Å². The first-order valence-corrected chi connectivity index (χ1v) is 12.0. The number of unbranched alkanes of at least 4 members (excludes halogenated alkanes) is 7. The van der Waals surface area contributed by atoms with Gasteiger partial charge in [0.25, 0.3) is 0 Å². The fraction of sp³-hybridized carbons (Fsp3) is 0.875. The highest BCUT2D eigenvalue weighted by Gasteiger charge is 2.41. The van der Waals surface area contributed by atoms with Crippen molar-refractivity contribution in [3.63, 3.8) is 0 Å². The highest BCUT2D eigenvalue weighted by Crippen LogP contribution is 2.36. The minimum atomic E-state index is -1.36. The van der Waals surface area contributed by atoms with Crippen LogP contribution in [0.2, 0.25) is 0 Å². The van der Waals surface area contributed by atoms with Crippen LogP contribution in [0.1, 0.15) is 96.8 Å². The zero-order valence-corrected chi connectivity index (χ0v) is 19.3. The van der Waals surface area contributed by atoms with Gasteiger partial charge in [0.15, 0.2) is 0 Å². The lowest BCUT2D eigenvalue weighted by Gasteiger charge is -2.32. The van der Waals surface area contributed by atoms with Crippen molar-refractivity contribution < 1.29 is 35.4 Å². The molecule has 0 radical (unpaired) electrons. The summed E-state index contributed by atoms with van der Waals surface area (Å²) in [5.41, 5.74) is -1.36. The van der Waals surface area contributed by atoms with Crippen LogP contribution >= 0.6 is 0 Å². The van der Waals surface area contributed by atoms with Crippen LogP contribution in [-0.4, -0.2) is 68.1 Å². The highest BCUT2D eigenvalue weighted by atomic mass is 16.4. The Labute approximate surface area is 187 Å². The monoisotopic (exact) mass is 446 g/mol. The molecule has 0 aliphatic heterocycles. The molecule has 0 heterocycles. The molecule has 0 saturated carbocycles. The molecule has 0 bridgehead atoms. The molecule has 0 saturated heterocycles. The van der Waals surface area contributed by atoms with Crippen molar-refractivity contribution in [1.82, 2.24) is 0 Å². The minimum Gasteiger partial charge on any atom is -0.481 e. The summed E-state index contributed by atoms with van der Waals surface area (Å²) in [6, 6.07) is 0. The molecule has 31 heavy (non-hydrogen) atoms. The molecule has 7 nitrogen and oxygen atoms in total. The Balaban J connectivity index is 4.22. The summed E-state index contributed by atoms with van der Waals surface area (Å²) in [6.45, 7) is 1.10. The number of hydrogen-bond acceptors (Lipinski definition) is 6. The lowest BCUT2D eigenvalue weighted by atomic mass is 9.73. The summed E-state index contributed by atoms with van der Waals surface area (Å²) in [5, 5.41) is 57.4. The summed E-state index contributed by atoms with van der Waals surface area (Å²) in [6.07, 6.45) is 12.0. The average Bonchev–Trinajstić information content (AvgIpc) is 2.74. The summed E-state index contributed by atoms with van der Waals surface area (Å²) in [7, 11) is 0. The highest BCUT2D eigenvalue weighted by molar-refractivity contribution is 5.74. The third-order valence-corrected chi connectivity index (χ3v) is 5.87. The topological polar surface area (TPSA) is 138 Å². The van der Waals surface area contributed by atoms with E-state index in [1.807, 2.05) is 6.08 Å². The van der Waals surface area contributed by atoms with Gasteiger partial charge in [-0.2, -0.15) is 0 Å². The first kappa shape index (κ1) is 30.0. The molecule has 184 valence electrons. The molecule has 0 fully saturated rings. The number of allylic oxidation sites excluding steroid dienone is 1. The third kappa shape index (κ3) is 14.6. The third-order valence-electron chi connectivity index (χ3n) is 5.87. The summed E-state index contributed by atoms with van der Waals surface area (Å²) in [5.74, 6) is -1.12. The lowest BCUT2D eigenvalue weighted by Crippen LogP contribution is -2.39. The van der Waals surface area contributed by atoms with E-state index in [0.29, 0.717) is 12.8 Å². The number of aliphatic hydroxyl groups is 5. The first-order chi connectivity index (χ1) is 14.8. The zero-order valence-electron chi connectivity index (χ0n) is 19.3. The van der Waals surface area contributed by atoms with Gasteiger partial charge < -0.3 is 30.6 Å². The Morgan fingerprint density at radius 3 is 1.94 bits per heavy atom. The molecule has 7 heteroatoms. The van der Waals surface area contributed by atoms with Gasteiger partial charge in [-0.3, -0.25) is 4.79 Å². The first-order valence-electron chi connectivity index (χ1n) is 12.0. The number of carboxylic acid groups (broad SMARTS) is 1. The summed E-state index contributed by atoms with van der Waals surface area (Å²) < 4.78 is 0. The lowest BCUT2D eigenvalue weighted by molar-refractivity contribution is -0.155. The Morgan fingerprint density at radius 2 is 1.39 bits per heavy atom. The van der Waals surface area contributed by atoms with Crippen LogP contribution in [0.15, 0.2) is 12.2 Å². The number of hydrogen-bond donors (Lipinski definition) is 6. The van der Waals surface area contributed by atoms with Crippen molar-refractivity contribution >= 4 is 5.97 Å².